The largest absolute Gasteiger partial charge is 0.489 e. The molecule has 7 nitrogen and oxygen atoms in total. The van der Waals surface area contributed by atoms with Crippen LogP contribution in [0.15, 0.2) is 24.3 Å². The molecular weight excluding hydrogens is 351 g/mol. The predicted octanol–water partition coefficient (Wildman–Crippen LogP) is 0.879. The van der Waals surface area contributed by atoms with Crippen molar-refractivity contribution >= 4 is 11.8 Å². The number of nitrogens with zero attached hydrogens (tertiary/aromatic N) is 2. The van der Waals surface area contributed by atoms with Gasteiger partial charge in [-0.15, -0.1) is 4.68 Å². The lowest BCUT2D eigenvalue weighted by Crippen LogP contribution is -2.48. The molecule has 0 atom stereocenters. The molecule has 3 rings (SSSR count). The summed E-state index contributed by atoms with van der Waals surface area (Å²) < 4.78 is 20.4. The van der Waals surface area contributed by atoms with E-state index in [-0.39, 0.29) is 37.0 Å². The molecule has 27 heavy (non-hydrogen) atoms. The number of benzene rings is 1. The molecule has 0 fully saturated rings. The summed E-state index contributed by atoms with van der Waals surface area (Å²) in [5, 5.41) is 2.76. The van der Waals surface area contributed by atoms with Crippen molar-refractivity contribution < 1.29 is 23.4 Å². The Labute approximate surface area is 156 Å². The molecule has 0 saturated carbocycles. The molecule has 0 radical (unpaired) electrons. The molecule has 1 aromatic heterocycles. The van der Waals surface area contributed by atoms with Crippen LogP contribution in [0.25, 0.3) is 0 Å². The van der Waals surface area contributed by atoms with Gasteiger partial charge in [0.25, 0.3) is 5.91 Å². The third-order valence-electron chi connectivity index (χ3n) is 4.44. The van der Waals surface area contributed by atoms with Gasteiger partial charge in [0, 0.05) is 25.8 Å². The van der Waals surface area contributed by atoms with Crippen LogP contribution < -0.4 is 20.2 Å². The van der Waals surface area contributed by atoms with Gasteiger partial charge in [0.15, 0.2) is 17.3 Å². The number of halogens is 1. The maximum Gasteiger partial charge on any atom is 0.331 e. The quantitative estimate of drug-likeness (QED) is 0.557. The second-order valence-electron chi connectivity index (χ2n) is 6.35. The number of carbonyl (C=O) groups excluding carboxylic acids is 2. The number of hydrogen-bond donors (Lipinski definition) is 2. The zero-order valence-electron chi connectivity index (χ0n) is 15.3. The zero-order valence-corrected chi connectivity index (χ0v) is 15.3. The molecule has 1 aromatic carbocycles. The van der Waals surface area contributed by atoms with E-state index >= 15 is 0 Å². The molecule has 142 valence electrons. The maximum absolute atomic E-state index is 13.4. The topological polar surface area (TPSA) is 84.2 Å². The first-order chi connectivity index (χ1) is 13.0. The van der Waals surface area contributed by atoms with Crippen molar-refractivity contribution in [1.82, 2.24) is 10.3 Å². The lowest BCUT2D eigenvalue weighted by molar-refractivity contribution is -0.652. The van der Waals surface area contributed by atoms with Gasteiger partial charge >= 0.3 is 5.82 Å². The van der Waals surface area contributed by atoms with Gasteiger partial charge in [0.1, 0.15) is 18.7 Å². The number of rotatable bonds is 7. The van der Waals surface area contributed by atoms with E-state index < -0.39 is 5.82 Å². The molecule has 2 amide bonds. The highest BCUT2D eigenvalue weighted by Gasteiger charge is 2.31. The molecule has 0 bridgehead atoms. The van der Waals surface area contributed by atoms with E-state index in [2.05, 4.69) is 15.7 Å². The number of ether oxygens (including phenoxy) is 1. The monoisotopic (exact) mass is 373 g/mol. The zero-order chi connectivity index (χ0) is 19.4. The van der Waals surface area contributed by atoms with Gasteiger partial charge in [-0.1, -0.05) is 12.1 Å². The van der Waals surface area contributed by atoms with E-state index in [9.17, 15) is 14.0 Å². The minimum Gasteiger partial charge on any atom is -0.489 e. The Balaban J connectivity index is 1.48. The number of aryl methyl sites for hydroxylation is 1. The Morgan fingerprint density at radius 1 is 1.37 bits per heavy atom. The first kappa shape index (κ1) is 18.8. The normalized spacial score (nSPS) is 12.5. The highest BCUT2D eigenvalue weighted by Crippen LogP contribution is 2.15. The van der Waals surface area contributed by atoms with E-state index in [0.717, 1.165) is 17.0 Å². The van der Waals surface area contributed by atoms with Crippen LogP contribution in [-0.4, -0.2) is 29.9 Å². The Hall–Kier alpha value is -3.03. The van der Waals surface area contributed by atoms with Crippen LogP contribution in [0.4, 0.5) is 4.39 Å². The summed E-state index contributed by atoms with van der Waals surface area (Å²) in [4.78, 5) is 28.1. The summed E-state index contributed by atoms with van der Waals surface area (Å²) in [5.74, 6) is 0.216. The standard InChI is InChI=1S/C19H21FN4O3/c1-12-14(13(2)24-17(22-12)11-19(26)23-24)7-8-18(25)21-9-10-27-16-6-4-3-5-15(16)20/h3-6H,7-11H2,1-2H3,(H-,21,23,25,26)/p+1. The second kappa shape index (κ2) is 8.11. The summed E-state index contributed by atoms with van der Waals surface area (Å²) in [7, 11) is 0. The lowest BCUT2D eigenvalue weighted by Gasteiger charge is -2.09. The van der Waals surface area contributed by atoms with E-state index in [0.29, 0.717) is 18.8 Å². The molecule has 2 N–H and O–H groups in total. The molecular formula is C19H22FN4O3+. The van der Waals surface area contributed by atoms with Gasteiger partial charge in [-0.05, 0) is 23.5 Å². The Morgan fingerprint density at radius 3 is 2.93 bits per heavy atom. The third-order valence-corrected chi connectivity index (χ3v) is 4.44. The van der Waals surface area contributed by atoms with Crippen molar-refractivity contribution in [2.75, 3.05) is 18.6 Å². The van der Waals surface area contributed by atoms with Crippen LogP contribution in [-0.2, 0) is 22.4 Å². The number of carbonyl (C=O) groups is 2. The van der Waals surface area contributed by atoms with E-state index in [1.165, 1.54) is 6.07 Å². The van der Waals surface area contributed by atoms with Gasteiger partial charge in [-0.25, -0.2) is 4.39 Å². The summed E-state index contributed by atoms with van der Waals surface area (Å²) >= 11 is 0. The molecule has 0 unspecified atom stereocenters. The van der Waals surface area contributed by atoms with Crippen LogP contribution in [0.5, 0.6) is 5.75 Å². The van der Waals surface area contributed by atoms with Crippen molar-refractivity contribution in [2.24, 2.45) is 0 Å². The highest BCUT2D eigenvalue weighted by molar-refractivity contribution is 5.84. The fourth-order valence-corrected chi connectivity index (χ4v) is 3.08. The summed E-state index contributed by atoms with van der Waals surface area (Å²) in [6, 6.07) is 6.14. The number of para-hydroxylation sites is 1. The molecule has 8 heteroatoms. The first-order valence-electron chi connectivity index (χ1n) is 8.80. The SMILES string of the molecule is Cc1nc2[n+](c(C)c1CCC(=O)NCCOc1ccccc1F)NC(=O)C2. The fourth-order valence-electron chi connectivity index (χ4n) is 3.08. The average Bonchev–Trinajstić information content (AvgIpc) is 3.00. The van der Waals surface area contributed by atoms with Crippen LogP contribution in [0.3, 0.4) is 0 Å². The molecule has 0 aliphatic carbocycles. The lowest BCUT2D eigenvalue weighted by atomic mass is 10.1. The number of amides is 2. The van der Waals surface area contributed by atoms with Gasteiger partial charge in [-0.3, -0.25) is 9.59 Å². The van der Waals surface area contributed by atoms with E-state index in [4.69, 9.17) is 4.74 Å². The number of nitrogens with one attached hydrogen (secondary N) is 2. The third kappa shape index (κ3) is 4.39. The minimum absolute atomic E-state index is 0.0882. The van der Waals surface area contributed by atoms with Crippen LogP contribution in [0, 0.1) is 19.7 Å². The maximum atomic E-state index is 13.4. The highest BCUT2D eigenvalue weighted by atomic mass is 19.1. The van der Waals surface area contributed by atoms with Crippen LogP contribution in [0.2, 0.25) is 0 Å². The van der Waals surface area contributed by atoms with Gasteiger partial charge in [-0.2, -0.15) is 5.43 Å². The van der Waals surface area contributed by atoms with Crippen molar-refractivity contribution in [2.45, 2.75) is 33.1 Å². The second-order valence-corrected chi connectivity index (χ2v) is 6.35. The molecule has 2 aromatic rings. The van der Waals surface area contributed by atoms with E-state index in [1.54, 1.807) is 22.9 Å². The van der Waals surface area contributed by atoms with Crippen molar-refractivity contribution in [3.05, 3.63) is 52.9 Å². The first-order valence-corrected chi connectivity index (χ1v) is 8.80. The molecule has 1 aliphatic heterocycles. The predicted molar refractivity (Wildman–Crippen MR) is 95.2 cm³/mol. The molecule has 0 saturated heterocycles. The average molecular weight is 373 g/mol. The fraction of sp³-hybridized carbons (Fsp3) is 0.368. The summed E-state index contributed by atoms with van der Waals surface area (Å²) in [6.07, 6.45) is 1.07. The number of fused-ring (bicyclic) bond motifs is 1. The Kier molecular flexibility index (Phi) is 5.63. The smallest absolute Gasteiger partial charge is 0.331 e. The van der Waals surface area contributed by atoms with Gasteiger partial charge in [0.2, 0.25) is 5.91 Å². The Bertz CT molecular complexity index is 885. The minimum atomic E-state index is -0.427. The molecule has 2 heterocycles. The number of hydrogen-bond acceptors (Lipinski definition) is 4. The summed E-state index contributed by atoms with van der Waals surface area (Å²) in [6.45, 7) is 4.26. The molecule has 1 aliphatic rings. The van der Waals surface area contributed by atoms with E-state index in [1.807, 2.05) is 13.8 Å². The summed E-state index contributed by atoms with van der Waals surface area (Å²) in [5.41, 5.74) is 5.41. The number of aromatic nitrogens is 2. The molecule has 0 spiro atoms. The van der Waals surface area contributed by atoms with Crippen molar-refractivity contribution in [1.29, 1.82) is 0 Å². The van der Waals surface area contributed by atoms with Gasteiger partial charge in [0.05, 0.1) is 6.54 Å². The van der Waals surface area contributed by atoms with Crippen LogP contribution in [0.1, 0.15) is 29.2 Å². The Morgan fingerprint density at radius 2 is 2.15 bits per heavy atom. The van der Waals surface area contributed by atoms with Crippen molar-refractivity contribution in [3.8, 4) is 5.75 Å². The van der Waals surface area contributed by atoms with Gasteiger partial charge < -0.3 is 10.1 Å². The van der Waals surface area contributed by atoms with Crippen molar-refractivity contribution in [3.63, 3.8) is 0 Å². The van der Waals surface area contributed by atoms with Crippen LogP contribution >= 0.6 is 0 Å².